The molecule has 0 saturated carbocycles. The number of anilines is 1. The Kier molecular flexibility index (Phi) is 4.52. The first-order valence-corrected chi connectivity index (χ1v) is 8.47. The molecular formula is C12H13ClN2O3S2. The van der Waals surface area contributed by atoms with Crippen molar-refractivity contribution in [1.82, 2.24) is 4.98 Å². The summed E-state index contributed by atoms with van der Waals surface area (Å²) in [6, 6.07) is 5.25. The van der Waals surface area contributed by atoms with Gasteiger partial charge in [-0.15, -0.1) is 0 Å². The summed E-state index contributed by atoms with van der Waals surface area (Å²) in [4.78, 5) is 3.73. The second-order valence-electron chi connectivity index (χ2n) is 3.97. The molecule has 0 aliphatic carbocycles. The number of nitrogens with one attached hydrogen (secondary N) is 1. The van der Waals surface area contributed by atoms with E-state index in [9.17, 15) is 8.42 Å². The molecule has 0 atom stereocenters. The molecule has 108 valence electrons. The zero-order chi connectivity index (χ0) is 14.8. The molecule has 0 unspecified atom stereocenters. The molecule has 0 aliphatic heterocycles. The fourth-order valence-corrected chi connectivity index (χ4v) is 3.91. The molecule has 0 bridgehead atoms. The summed E-state index contributed by atoms with van der Waals surface area (Å²) < 4.78 is 32.6. The molecule has 0 saturated heterocycles. The Morgan fingerprint density at radius 3 is 2.80 bits per heavy atom. The molecular weight excluding hydrogens is 320 g/mol. The highest BCUT2D eigenvalue weighted by molar-refractivity contribution is 7.94. The summed E-state index contributed by atoms with van der Waals surface area (Å²) in [5.41, 5.74) is 1.37. The Balaban J connectivity index is 2.34. The number of halogens is 1. The molecule has 0 spiro atoms. The highest BCUT2D eigenvalue weighted by Crippen LogP contribution is 2.30. The molecule has 8 heteroatoms. The van der Waals surface area contributed by atoms with Gasteiger partial charge in [-0.25, -0.2) is 13.4 Å². The van der Waals surface area contributed by atoms with Gasteiger partial charge in [0.25, 0.3) is 10.0 Å². The fraction of sp³-hybridized carbons (Fsp3) is 0.250. The van der Waals surface area contributed by atoms with E-state index in [1.807, 2.05) is 13.8 Å². The summed E-state index contributed by atoms with van der Waals surface area (Å²) in [7, 11) is -3.70. The van der Waals surface area contributed by atoms with Gasteiger partial charge in [-0.2, -0.15) is 0 Å². The number of nitrogens with zero attached hydrogens (tertiary/aromatic N) is 1. The number of aromatic nitrogens is 1. The summed E-state index contributed by atoms with van der Waals surface area (Å²) in [6.07, 6.45) is 1.23. The predicted octanol–water partition coefficient (Wildman–Crippen LogP) is 3.30. The average molecular weight is 333 g/mol. The van der Waals surface area contributed by atoms with E-state index >= 15 is 0 Å². The quantitative estimate of drug-likeness (QED) is 0.912. The van der Waals surface area contributed by atoms with Gasteiger partial charge in [0.1, 0.15) is 5.75 Å². The van der Waals surface area contributed by atoms with Gasteiger partial charge in [0.15, 0.2) is 8.68 Å². The number of hydrogen-bond donors (Lipinski definition) is 1. The normalized spacial score (nSPS) is 11.3. The van der Waals surface area contributed by atoms with Crippen LogP contribution < -0.4 is 9.46 Å². The minimum Gasteiger partial charge on any atom is -0.492 e. The third-order valence-electron chi connectivity index (χ3n) is 2.40. The van der Waals surface area contributed by atoms with E-state index < -0.39 is 10.0 Å². The molecule has 1 heterocycles. The maximum absolute atomic E-state index is 12.2. The molecule has 1 aromatic heterocycles. The lowest BCUT2D eigenvalue weighted by Gasteiger charge is -2.12. The van der Waals surface area contributed by atoms with Crippen LogP contribution in [0.2, 0.25) is 4.47 Å². The van der Waals surface area contributed by atoms with Gasteiger partial charge >= 0.3 is 0 Å². The van der Waals surface area contributed by atoms with Crippen LogP contribution >= 0.6 is 22.9 Å². The van der Waals surface area contributed by atoms with Crippen molar-refractivity contribution < 1.29 is 13.2 Å². The van der Waals surface area contributed by atoms with Crippen molar-refractivity contribution in [3.8, 4) is 5.75 Å². The molecule has 0 amide bonds. The van der Waals surface area contributed by atoms with E-state index in [4.69, 9.17) is 16.3 Å². The van der Waals surface area contributed by atoms with Gasteiger partial charge in [-0.05, 0) is 31.5 Å². The molecule has 1 N–H and O–H groups in total. The summed E-state index contributed by atoms with van der Waals surface area (Å²) in [6.45, 7) is 4.19. The van der Waals surface area contributed by atoms with E-state index in [2.05, 4.69) is 9.71 Å². The first kappa shape index (κ1) is 15.1. The monoisotopic (exact) mass is 332 g/mol. The van der Waals surface area contributed by atoms with Gasteiger partial charge in [0.2, 0.25) is 0 Å². The largest absolute Gasteiger partial charge is 0.492 e. The number of thiazole rings is 1. The van der Waals surface area contributed by atoms with Crippen LogP contribution in [-0.2, 0) is 10.0 Å². The van der Waals surface area contributed by atoms with Crippen LogP contribution in [-0.4, -0.2) is 20.0 Å². The van der Waals surface area contributed by atoms with Crippen molar-refractivity contribution in [1.29, 1.82) is 0 Å². The summed E-state index contributed by atoms with van der Waals surface area (Å²) in [5, 5.41) is 0. The van der Waals surface area contributed by atoms with Gasteiger partial charge < -0.3 is 4.74 Å². The van der Waals surface area contributed by atoms with Gasteiger partial charge in [0, 0.05) is 0 Å². The minimum atomic E-state index is -3.70. The van der Waals surface area contributed by atoms with Crippen LogP contribution in [0.3, 0.4) is 0 Å². The van der Waals surface area contributed by atoms with Crippen molar-refractivity contribution in [3.63, 3.8) is 0 Å². The highest BCUT2D eigenvalue weighted by atomic mass is 35.5. The first-order chi connectivity index (χ1) is 9.42. The van der Waals surface area contributed by atoms with Crippen LogP contribution in [0, 0.1) is 6.92 Å². The SMILES string of the molecule is CCOc1cc(C)ccc1NS(=O)(=O)c1cnc(Cl)s1. The predicted molar refractivity (Wildman–Crippen MR) is 80.3 cm³/mol. The highest BCUT2D eigenvalue weighted by Gasteiger charge is 2.19. The first-order valence-electron chi connectivity index (χ1n) is 5.80. The van der Waals surface area contributed by atoms with Crippen LogP contribution in [0.25, 0.3) is 0 Å². The molecule has 2 aromatic rings. The number of aryl methyl sites for hydroxylation is 1. The molecule has 1 aromatic carbocycles. The lowest BCUT2D eigenvalue weighted by Crippen LogP contribution is -2.12. The van der Waals surface area contributed by atoms with Crippen LogP contribution in [0.1, 0.15) is 12.5 Å². The van der Waals surface area contributed by atoms with Crippen molar-refractivity contribution in [2.24, 2.45) is 0 Å². The number of hydrogen-bond acceptors (Lipinski definition) is 5. The maximum atomic E-state index is 12.2. The van der Waals surface area contributed by atoms with E-state index in [1.165, 1.54) is 6.20 Å². The molecule has 0 radical (unpaired) electrons. The van der Waals surface area contributed by atoms with Crippen LogP contribution in [0.15, 0.2) is 28.6 Å². The maximum Gasteiger partial charge on any atom is 0.273 e. The minimum absolute atomic E-state index is 0.0607. The zero-order valence-corrected chi connectivity index (χ0v) is 13.3. The van der Waals surface area contributed by atoms with E-state index in [0.29, 0.717) is 18.0 Å². The molecule has 0 fully saturated rings. The zero-order valence-electron chi connectivity index (χ0n) is 10.9. The topological polar surface area (TPSA) is 68.3 Å². The van der Waals surface area contributed by atoms with Gasteiger partial charge in [0.05, 0.1) is 18.5 Å². The molecule has 2 rings (SSSR count). The molecule has 20 heavy (non-hydrogen) atoms. The Bertz CT molecular complexity index is 713. The Morgan fingerprint density at radius 2 is 2.20 bits per heavy atom. The second-order valence-corrected chi connectivity index (χ2v) is 7.49. The Morgan fingerprint density at radius 1 is 1.45 bits per heavy atom. The van der Waals surface area contributed by atoms with Crippen molar-refractivity contribution in [2.45, 2.75) is 18.1 Å². The second kappa shape index (κ2) is 5.99. The van der Waals surface area contributed by atoms with Crippen molar-refractivity contribution >= 4 is 38.6 Å². The number of sulfonamides is 1. The number of ether oxygens (including phenoxy) is 1. The van der Waals surface area contributed by atoms with Crippen LogP contribution in [0.5, 0.6) is 5.75 Å². The standard InChI is InChI=1S/C12H13ClN2O3S2/c1-3-18-10-6-8(2)4-5-9(10)15-20(16,17)11-7-14-12(13)19-11/h4-7,15H,3H2,1-2H3. The number of rotatable bonds is 5. The van der Waals surface area contributed by atoms with Gasteiger partial charge in [-0.3, -0.25) is 4.72 Å². The van der Waals surface area contributed by atoms with E-state index in [-0.39, 0.29) is 8.68 Å². The van der Waals surface area contributed by atoms with Gasteiger partial charge in [-0.1, -0.05) is 29.0 Å². The van der Waals surface area contributed by atoms with E-state index in [0.717, 1.165) is 16.9 Å². The van der Waals surface area contributed by atoms with E-state index in [1.54, 1.807) is 18.2 Å². The Labute approximate surface area is 126 Å². The Hall–Kier alpha value is -1.31. The third kappa shape index (κ3) is 3.41. The molecule has 5 nitrogen and oxygen atoms in total. The summed E-state index contributed by atoms with van der Waals surface area (Å²) >= 11 is 6.56. The van der Waals surface area contributed by atoms with Crippen molar-refractivity contribution in [2.75, 3.05) is 11.3 Å². The fourth-order valence-electron chi connectivity index (χ4n) is 1.55. The van der Waals surface area contributed by atoms with Crippen molar-refractivity contribution in [3.05, 3.63) is 34.4 Å². The third-order valence-corrected chi connectivity index (χ3v) is 5.34. The number of benzene rings is 1. The smallest absolute Gasteiger partial charge is 0.273 e. The lowest BCUT2D eigenvalue weighted by molar-refractivity contribution is 0.342. The average Bonchev–Trinajstić information content (AvgIpc) is 2.80. The van der Waals surface area contributed by atoms with Crippen LogP contribution in [0.4, 0.5) is 5.69 Å². The summed E-state index contributed by atoms with van der Waals surface area (Å²) in [5.74, 6) is 0.492. The molecule has 0 aliphatic rings. The lowest BCUT2D eigenvalue weighted by atomic mass is 10.2.